The van der Waals surface area contributed by atoms with E-state index in [1.165, 1.54) is 0 Å². The van der Waals surface area contributed by atoms with Gasteiger partial charge in [-0.25, -0.2) is 9.78 Å². The molecular formula is C22H35Cl4N5O3. The molecule has 0 saturated heterocycles. The Kier molecular flexibility index (Phi) is 14.9. The highest BCUT2D eigenvalue weighted by Crippen LogP contribution is 2.23. The van der Waals surface area contributed by atoms with Gasteiger partial charge in [-0.05, 0) is 31.0 Å². The number of halogens is 4. The first-order chi connectivity index (χ1) is 15.2. The van der Waals surface area contributed by atoms with E-state index >= 15 is 0 Å². The standard InChI is InChI=1S/C22H33Cl2N5O3.2ClH/c1-5-32-22(31)20(14(2)3)27-21(30)16(25)13-19-26-17-12-15(6-7-18(17)28(19)4)29(10-8-23)11-9-24;;/h6-7,12,14,16,20H,5,8-11,13,25H2,1-4H3,(H,27,30);2*1H. The van der Waals surface area contributed by atoms with Gasteiger partial charge in [-0.1, -0.05) is 13.8 Å². The van der Waals surface area contributed by atoms with Crippen LogP contribution < -0.4 is 16.0 Å². The Morgan fingerprint density at radius 1 is 1.21 bits per heavy atom. The van der Waals surface area contributed by atoms with Crippen molar-refractivity contribution in [3.05, 3.63) is 24.0 Å². The molecule has 1 heterocycles. The number of esters is 1. The van der Waals surface area contributed by atoms with Crippen LogP contribution in [-0.2, 0) is 27.8 Å². The summed E-state index contributed by atoms with van der Waals surface area (Å²) in [4.78, 5) is 31.6. The molecule has 2 atom stereocenters. The number of amides is 1. The van der Waals surface area contributed by atoms with Crippen LogP contribution in [0.4, 0.5) is 5.69 Å². The van der Waals surface area contributed by atoms with Crippen LogP contribution in [0.1, 0.15) is 26.6 Å². The lowest BCUT2D eigenvalue weighted by Gasteiger charge is -2.22. The number of alkyl halides is 2. The van der Waals surface area contributed by atoms with Crippen molar-refractivity contribution in [1.29, 1.82) is 0 Å². The highest BCUT2D eigenvalue weighted by molar-refractivity contribution is 6.18. The summed E-state index contributed by atoms with van der Waals surface area (Å²) in [6, 6.07) is 4.37. The molecule has 0 aliphatic heterocycles. The molecule has 0 radical (unpaired) electrons. The summed E-state index contributed by atoms with van der Waals surface area (Å²) in [5.74, 6) is 0.670. The molecule has 34 heavy (non-hydrogen) atoms. The third-order valence-corrected chi connectivity index (χ3v) is 5.61. The zero-order valence-corrected chi connectivity index (χ0v) is 23.1. The lowest BCUT2D eigenvalue weighted by atomic mass is 10.0. The number of hydrogen-bond donors (Lipinski definition) is 2. The molecule has 0 saturated carbocycles. The van der Waals surface area contributed by atoms with E-state index in [0.717, 1.165) is 16.7 Å². The Labute approximate surface area is 223 Å². The lowest BCUT2D eigenvalue weighted by Crippen LogP contribution is -2.51. The minimum absolute atomic E-state index is 0. The molecule has 0 aliphatic carbocycles. The van der Waals surface area contributed by atoms with E-state index in [0.29, 0.717) is 30.7 Å². The summed E-state index contributed by atoms with van der Waals surface area (Å²) < 4.78 is 6.98. The number of carbonyl (C=O) groups is 2. The number of aryl methyl sites for hydroxylation is 1. The smallest absolute Gasteiger partial charge is 0.328 e. The molecule has 2 aromatic rings. The van der Waals surface area contributed by atoms with Crippen molar-refractivity contribution >= 4 is 76.6 Å². The number of fused-ring (bicyclic) bond motifs is 1. The average molecular weight is 559 g/mol. The molecule has 0 spiro atoms. The van der Waals surface area contributed by atoms with Gasteiger partial charge >= 0.3 is 5.97 Å². The fraction of sp³-hybridized carbons (Fsp3) is 0.591. The summed E-state index contributed by atoms with van der Waals surface area (Å²) in [5, 5.41) is 2.72. The Balaban J connectivity index is 0.00000544. The van der Waals surface area contributed by atoms with E-state index in [1.54, 1.807) is 6.92 Å². The molecule has 8 nitrogen and oxygen atoms in total. The van der Waals surface area contributed by atoms with Crippen molar-refractivity contribution in [2.24, 2.45) is 18.7 Å². The predicted octanol–water partition coefficient (Wildman–Crippen LogP) is 3.27. The quantitative estimate of drug-likeness (QED) is 0.306. The second kappa shape index (κ2) is 15.5. The zero-order chi connectivity index (χ0) is 23.8. The molecule has 0 bridgehead atoms. The molecule has 3 N–H and O–H groups in total. The number of anilines is 1. The maximum absolute atomic E-state index is 12.7. The van der Waals surface area contributed by atoms with Gasteiger partial charge in [-0.15, -0.1) is 48.0 Å². The molecule has 2 rings (SSSR count). The van der Waals surface area contributed by atoms with Crippen molar-refractivity contribution in [1.82, 2.24) is 14.9 Å². The van der Waals surface area contributed by atoms with Gasteiger partial charge < -0.3 is 25.3 Å². The fourth-order valence-electron chi connectivity index (χ4n) is 3.47. The minimum atomic E-state index is -0.857. The number of imidazole rings is 1. The van der Waals surface area contributed by atoms with Crippen LogP contribution in [0.25, 0.3) is 11.0 Å². The lowest BCUT2D eigenvalue weighted by molar-refractivity contribution is -0.148. The van der Waals surface area contributed by atoms with Crippen LogP contribution in [0.3, 0.4) is 0 Å². The van der Waals surface area contributed by atoms with Gasteiger partial charge in [0, 0.05) is 44.0 Å². The van der Waals surface area contributed by atoms with Gasteiger partial charge in [-0.3, -0.25) is 4.79 Å². The minimum Gasteiger partial charge on any atom is -0.464 e. The van der Waals surface area contributed by atoms with Crippen molar-refractivity contribution in [2.75, 3.05) is 36.4 Å². The number of hydrogen-bond acceptors (Lipinski definition) is 6. The topological polar surface area (TPSA) is 102 Å². The molecule has 2 unspecified atom stereocenters. The van der Waals surface area contributed by atoms with E-state index in [4.69, 9.17) is 38.7 Å². The summed E-state index contributed by atoms with van der Waals surface area (Å²) in [6.07, 6.45) is 0.229. The monoisotopic (exact) mass is 557 g/mol. The summed E-state index contributed by atoms with van der Waals surface area (Å²) in [6.45, 7) is 7.02. The maximum Gasteiger partial charge on any atom is 0.328 e. The Bertz CT molecular complexity index is 919. The number of rotatable bonds is 12. The Morgan fingerprint density at radius 2 is 1.82 bits per heavy atom. The average Bonchev–Trinajstić information content (AvgIpc) is 3.06. The fourth-order valence-corrected chi connectivity index (χ4v) is 3.88. The van der Waals surface area contributed by atoms with E-state index in [9.17, 15) is 9.59 Å². The first-order valence-electron chi connectivity index (χ1n) is 10.8. The number of ether oxygens (including phenoxy) is 1. The number of nitrogens with zero attached hydrogens (tertiary/aromatic N) is 3. The Hall–Kier alpha value is -1.45. The maximum atomic E-state index is 12.7. The van der Waals surface area contributed by atoms with Crippen LogP contribution in [0.5, 0.6) is 0 Å². The van der Waals surface area contributed by atoms with Crippen LogP contribution in [-0.4, -0.2) is 65.0 Å². The molecular weight excluding hydrogens is 524 g/mol. The third kappa shape index (κ3) is 8.34. The molecule has 1 aromatic carbocycles. The number of carbonyl (C=O) groups excluding carboxylic acids is 2. The van der Waals surface area contributed by atoms with E-state index in [1.807, 2.05) is 43.7 Å². The van der Waals surface area contributed by atoms with E-state index in [2.05, 4.69) is 10.2 Å². The van der Waals surface area contributed by atoms with Crippen molar-refractivity contribution in [2.45, 2.75) is 39.3 Å². The molecule has 1 aromatic heterocycles. The van der Waals surface area contributed by atoms with Gasteiger partial charge in [0.2, 0.25) is 5.91 Å². The number of nitrogens with two attached hydrogens (primary N) is 1. The van der Waals surface area contributed by atoms with Gasteiger partial charge in [0.05, 0.1) is 23.7 Å². The SMILES string of the molecule is CCOC(=O)C(NC(=O)C(N)Cc1nc2cc(N(CCCl)CCCl)ccc2n1C)C(C)C.Cl.Cl. The molecule has 0 aliphatic rings. The van der Waals surface area contributed by atoms with Gasteiger partial charge in [0.15, 0.2) is 0 Å². The van der Waals surface area contributed by atoms with Crippen molar-refractivity contribution in [3.63, 3.8) is 0 Å². The first-order valence-corrected chi connectivity index (χ1v) is 11.8. The highest BCUT2D eigenvalue weighted by atomic mass is 35.5. The number of aromatic nitrogens is 2. The second-order valence-corrected chi connectivity index (χ2v) is 8.67. The molecule has 1 amide bonds. The zero-order valence-electron chi connectivity index (χ0n) is 19.9. The predicted molar refractivity (Wildman–Crippen MR) is 144 cm³/mol. The summed E-state index contributed by atoms with van der Waals surface area (Å²) >= 11 is 11.8. The van der Waals surface area contributed by atoms with Crippen LogP contribution in [0.2, 0.25) is 0 Å². The highest BCUT2D eigenvalue weighted by Gasteiger charge is 2.28. The summed E-state index contributed by atoms with van der Waals surface area (Å²) in [5.41, 5.74) is 8.88. The normalized spacial score (nSPS) is 12.5. The van der Waals surface area contributed by atoms with Gasteiger partial charge in [0.25, 0.3) is 0 Å². The van der Waals surface area contributed by atoms with Gasteiger partial charge in [-0.2, -0.15) is 0 Å². The largest absolute Gasteiger partial charge is 0.464 e. The van der Waals surface area contributed by atoms with Crippen molar-refractivity contribution in [3.8, 4) is 0 Å². The number of benzene rings is 1. The first kappa shape index (κ1) is 32.5. The Morgan fingerprint density at radius 3 is 2.35 bits per heavy atom. The number of nitrogens with one attached hydrogen (secondary N) is 1. The van der Waals surface area contributed by atoms with Gasteiger partial charge in [0.1, 0.15) is 11.9 Å². The second-order valence-electron chi connectivity index (χ2n) is 7.92. The van der Waals surface area contributed by atoms with Crippen LogP contribution in [0, 0.1) is 5.92 Å². The molecule has 194 valence electrons. The third-order valence-electron chi connectivity index (χ3n) is 5.28. The summed E-state index contributed by atoms with van der Waals surface area (Å²) in [7, 11) is 1.89. The molecule has 12 heteroatoms. The van der Waals surface area contributed by atoms with Crippen LogP contribution in [0.15, 0.2) is 18.2 Å². The van der Waals surface area contributed by atoms with Crippen LogP contribution >= 0.6 is 48.0 Å². The van der Waals surface area contributed by atoms with E-state index < -0.39 is 24.0 Å². The van der Waals surface area contributed by atoms with E-state index in [-0.39, 0.29) is 43.8 Å². The van der Waals surface area contributed by atoms with Crippen molar-refractivity contribution < 1.29 is 14.3 Å². The molecule has 0 fully saturated rings.